The Morgan fingerprint density at radius 2 is 1.95 bits per heavy atom. The summed E-state index contributed by atoms with van der Waals surface area (Å²) in [4.78, 5) is 2.11. The van der Waals surface area contributed by atoms with Gasteiger partial charge in [0.15, 0.2) is 0 Å². The highest BCUT2D eigenvalue weighted by Gasteiger charge is 2.13. The topological polar surface area (TPSA) is 28.4 Å². The van der Waals surface area contributed by atoms with Gasteiger partial charge in [-0.2, -0.15) is 0 Å². The molecule has 1 atom stereocenters. The van der Waals surface area contributed by atoms with E-state index < -0.39 is 11.6 Å². The van der Waals surface area contributed by atoms with Crippen molar-refractivity contribution in [2.24, 2.45) is 0 Å². The molecule has 114 valence electrons. The average molecular weight is 294 g/mol. The first-order chi connectivity index (χ1) is 10.1. The molecule has 0 fully saturated rings. The number of furan rings is 1. The number of hydrogen-bond acceptors (Lipinski definition) is 3. The van der Waals surface area contributed by atoms with Crippen LogP contribution in [0.15, 0.2) is 41.0 Å². The first-order valence-corrected chi connectivity index (χ1v) is 6.92. The van der Waals surface area contributed by atoms with Crippen LogP contribution in [0.3, 0.4) is 0 Å². The quantitative estimate of drug-likeness (QED) is 0.849. The van der Waals surface area contributed by atoms with Crippen LogP contribution in [0, 0.1) is 11.6 Å². The van der Waals surface area contributed by atoms with Crippen molar-refractivity contribution in [3.8, 4) is 0 Å². The average Bonchev–Trinajstić information content (AvgIpc) is 2.91. The third-order valence-corrected chi connectivity index (χ3v) is 3.44. The summed E-state index contributed by atoms with van der Waals surface area (Å²) in [7, 11) is 3.78. The maximum absolute atomic E-state index is 13.3. The lowest BCUT2D eigenvalue weighted by Gasteiger charge is -2.21. The smallest absolute Gasteiger partial charge is 0.126 e. The van der Waals surface area contributed by atoms with Gasteiger partial charge in [0.1, 0.15) is 17.4 Å². The minimum Gasteiger partial charge on any atom is -0.468 e. The van der Waals surface area contributed by atoms with Crippen LogP contribution in [0.25, 0.3) is 0 Å². The van der Waals surface area contributed by atoms with Gasteiger partial charge in [-0.25, -0.2) is 8.78 Å². The number of nitrogens with zero attached hydrogens (tertiary/aromatic N) is 1. The maximum atomic E-state index is 13.3. The van der Waals surface area contributed by atoms with Gasteiger partial charge in [-0.15, -0.1) is 0 Å². The van der Waals surface area contributed by atoms with Crippen molar-refractivity contribution >= 4 is 0 Å². The zero-order valence-electron chi connectivity index (χ0n) is 12.3. The molecular formula is C16H20F2N2O. The van der Waals surface area contributed by atoms with Crippen LogP contribution in [0.2, 0.25) is 0 Å². The minimum atomic E-state index is -0.547. The van der Waals surface area contributed by atoms with Crippen LogP contribution in [0.5, 0.6) is 0 Å². The molecule has 0 aliphatic heterocycles. The third kappa shape index (κ3) is 4.65. The van der Waals surface area contributed by atoms with E-state index in [-0.39, 0.29) is 6.04 Å². The number of hydrogen-bond donors (Lipinski definition) is 1. The van der Waals surface area contributed by atoms with E-state index in [1.807, 2.05) is 19.2 Å². The van der Waals surface area contributed by atoms with E-state index in [2.05, 4.69) is 10.2 Å². The Balaban J connectivity index is 1.92. The Morgan fingerprint density at radius 3 is 2.52 bits per heavy atom. The van der Waals surface area contributed by atoms with Crippen LogP contribution in [-0.2, 0) is 6.54 Å². The molecule has 0 aliphatic carbocycles. The van der Waals surface area contributed by atoms with E-state index in [0.717, 1.165) is 24.8 Å². The first kappa shape index (κ1) is 15.7. The molecule has 2 aromatic rings. The van der Waals surface area contributed by atoms with Gasteiger partial charge in [0.2, 0.25) is 0 Å². The highest BCUT2D eigenvalue weighted by molar-refractivity contribution is 5.21. The fourth-order valence-corrected chi connectivity index (χ4v) is 2.35. The van der Waals surface area contributed by atoms with Crippen molar-refractivity contribution in [3.63, 3.8) is 0 Å². The molecule has 21 heavy (non-hydrogen) atoms. The standard InChI is InChI=1S/C16H20F2N2O/c1-19-16(12-8-13(17)10-14(18)9-12)5-6-20(2)11-15-4-3-7-21-15/h3-4,7-10,16,19H,5-6,11H2,1-2H3. The molecule has 0 saturated heterocycles. The van der Waals surface area contributed by atoms with Crippen molar-refractivity contribution in [2.75, 3.05) is 20.6 Å². The molecular weight excluding hydrogens is 274 g/mol. The van der Waals surface area contributed by atoms with Gasteiger partial charge < -0.3 is 9.73 Å². The Labute approximate surface area is 123 Å². The van der Waals surface area contributed by atoms with Crippen molar-refractivity contribution < 1.29 is 13.2 Å². The fourth-order valence-electron chi connectivity index (χ4n) is 2.35. The minimum absolute atomic E-state index is 0.0887. The molecule has 0 amide bonds. The van der Waals surface area contributed by atoms with E-state index in [1.165, 1.54) is 12.1 Å². The fraction of sp³-hybridized carbons (Fsp3) is 0.375. The molecule has 0 saturated carbocycles. The zero-order chi connectivity index (χ0) is 15.2. The second-order valence-corrected chi connectivity index (χ2v) is 5.15. The summed E-state index contributed by atoms with van der Waals surface area (Å²) in [5, 5.41) is 3.10. The van der Waals surface area contributed by atoms with Crippen molar-refractivity contribution in [2.45, 2.75) is 19.0 Å². The van der Waals surface area contributed by atoms with Gasteiger partial charge in [-0.1, -0.05) is 0 Å². The summed E-state index contributed by atoms with van der Waals surface area (Å²) in [6, 6.07) is 7.32. The van der Waals surface area contributed by atoms with Crippen LogP contribution >= 0.6 is 0 Å². The van der Waals surface area contributed by atoms with Gasteiger partial charge in [0.05, 0.1) is 12.8 Å². The predicted molar refractivity (Wildman–Crippen MR) is 77.8 cm³/mol. The van der Waals surface area contributed by atoms with E-state index in [1.54, 1.807) is 13.3 Å². The largest absolute Gasteiger partial charge is 0.468 e. The second kappa shape index (κ2) is 7.33. The molecule has 1 aromatic carbocycles. The van der Waals surface area contributed by atoms with Gasteiger partial charge >= 0.3 is 0 Å². The van der Waals surface area contributed by atoms with E-state index in [4.69, 9.17) is 4.42 Å². The lowest BCUT2D eigenvalue weighted by atomic mass is 10.0. The molecule has 5 heteroatoms. The lowest BCUT2D eigenvalue weighted by Crippen LogP contribution is -2.25. The van der Waals surface area contributed by atoms with Crippen molar-refractivity contribution in [3.05, 3.63) is 59.6 Å². The Hall–Kier alpha value is -1.72. The van der Waals surface area contributed by atoms with E-state index >= 15 is 0 Å². The summed E-state index contributed by atoms with van der Waals surface area (Å²) >= 11 is 0. The summed E-state index contributed by atoms with van der Waals surface area (Å²) < 4.78 is 31.9. The summed E-state index contributed by atoms with van der Waals surface area (Å²) in [5.74, 6) is -0.196. The third-order valence-electron chi connectivity index (χ3n) is 3.44. The number of rotatable bonds is 7. The SMILES string of the molecule is CNC(CCN(C)Cc1ccco1)c1cc(F)cc(F)c1. The van der Waals surface area contributed by atoms with Crippen LogP contribution < -0.4 is 5.32 Å². The number of halogens is 2. The Kier molecular flexibility index (Phi) is 5.47. The normalized spacial score (nSPS) is 12.8. The van der Waals surface area contributed by atoms with E-state index in [9.17, 15) is 8.78 Å². The van der Waals surface area contributed by atoms with Gasteiger partial charge in [-0.05, 0) is 50.3 Å². The lowest BCUT2D eigenvalue weighted by molar-refractivity contribution is 0.278. The van der Waals surface area contributed by atoms with Crippen LogP contribution in [-0.4, -0.2) is 25.5 Å². The Bertz CT molecular complexity index is 537. The molecule has 2 rings (SSSR count). The molecule has 0 bridgehead atoms. The number of benzene rings is 1. The molecule has 0 radical (unpaired) electrons. The van der Waals surface area contributed by atoms with Gasteiger partial charge in [0, 0.05) is 18.7 Å². The molecule has 0 aliphatic rings. The zero-order valence-corrected chi connectivity index (χ0v) is 12.3. The highest BCUT2D eigenvalue weighted by atomic mass is 19.1. The summed E-state index contributed by atoms with van der Waals surface area (Å²) in [5.41, 5.74) is 0.626. The Morgan fingerprint density at radius 1 is 1.24 bits per heavy atom. The van der Waals surface area contributed by atoms with Crippen LogP contribution in [0.4, 0.5) is 8.78 Å². The molecule has 1 N–H and O–H groups in total. The first-order valence-electron chi connectivity index (χ1n) is 6.92. The second-order valence-electron chi connectivity index (χ2n) is 5.15. The maximum Gasteiger partial charge on any atom is 0.126 e. The highest BCUT2D eigenvalue weighted by Crippen LogP contribution is 2.19. The molecule has 1 heterocycles. The predicted octanol–water partition coefficient (Wildman–Crippen LogP) is 3.34. The molecule has 1 aromatic heterocycles. The molecule has 1 unspecified atom stereocenters. The molecule has 0 spiro atoms. The van der Waals surface area contributed by atoms with Crippen molar-refractivity contribution in [1.29, 1.82) is 0 Å². The van der Waals surface area contributed by atoms with E-state index in [0.29, 0.717) is 12.1 Å². The molecule has 3 nitrogen and oxygen atoms in total. The summed E-state index contributed by atoms with van der Waals surface area (Å²) in [6.45, 7) is 1.49. The van der Waals surface area contributed by atoms with Gasteiger partial charge in [0.25, 0.3) is 0 Å². The number of nitrogens with one attached hydrogen (secondary N) is 1. The monoisotopic (exact) mass is 294 g/mol. The summed E-state index contributed by atoms with van der Waals surface area (Å²) in [6.07, 6.45) is 2.39. The van der Waals surface area contributed by atoms with Crippen LogP contribution in [0.1, 0.15) is 23.8 Å². The van der Waals surface area contributed by atoms with Gasteiger partial charge in [-0.3, -0.25) is 4.90 Å². The van der Waals surface area contributed by atoms with Crippen molar-refractivity contribution in [1.82, 2.24) is 10.2 Å².